The smallest absolute Gasteiger partial charge is 0.197 e. The zero-order chi connectivity index (χ0) is 13.3. The van der Waals surface area contributed by atoms with Gasteiger partial charge in [0, 0.05) is 17.0 Å². The van der Waals surface area contributed by atoms with Crippen LogP contribution in [0.4, 0.5) is 4.39 Å². The average Bonchev–Trinajstić information content (AvgIpc) is 2.78. The molecule has 1 aromatic carbocycles. The van der Waals surface area contributed by atoms with E-state index < -0.39 is 5.82 Å². The molecule has 94 valence electrons. The van der Waals surface area contributed by atoms with Gasteiger partial charge in [-0.05, 0) is 44.0 Å². The maximum atomic E-state index is 13.4. The lowest BCUT2D eigenvalue weighted by atomic mass is 10.1. The molecule has 6 heteroatoms. The maximum absolute atomic E-state index is 13.4. The van der Waals surface area contributed by atoms with Gasteiger partial charge in [-0.2, -0.15) is 0 Å². The Bertz CT molecular complexity index is 610. The number of ether oxygens (including phenoxy) is 1. The van der Waals surface area contributed by atoms with Crippen LogP contribution in [-0.4, -0.2) is 12.9 Å². The molecular weight excluding hydrogens is 387 g/mol. The summed E-state index contributed by atoms with van der Waals surface area (Å²) < 4.78 is 19.5. The van der Waals surface area contributed by atoms with Gasteiger partial charge >= 0.3 is 0 Å². The number of rotatable bonds is 3. The third-order valence-corrected chi connectivity index (χ3v) is 4.43. The molecule has 0 aliphatic rings. The summed E-state index contributed by atoms with van der Waals surface area (Å²) in [5.41, 5.74) is 0.875. The van der Waals surface area contributed by atoms with Crippen molar-refractivity contribution >= 4 is 49.0 Å². The van der Waals surface area contributed by atoms with Gasteiger partial charge in [0.15, 0.2) is 5.78 Å². The molecule has 0 atom stereocenters. The first-order valence-corrected chi connectivity index (χ1v) is 7.31. The van der Waals surface area contributed by atoms with Crippen LogP contribution in [0.15, 0.2) is 31.8 Å². The van der Waals surface area contributed by atoms with Crippen molar-refractivity contribution in [2.45, 2.75) is 0 Å². The minimum atomic E-state index is -0.463. The number of methoxy groups -OCH3 is 1. The average molecular weight is 394 g/mol. The molecule has 0 bridgehead atoms. The number of carbonyl (C=O) groups is 1. The highest BCUT2D eigenvalue weighted by atomic mass is 79.9. The van der Waals surface area contributed by atoms with E-state index in [-0.39, 0.29) is 16.0 Å². The zero-order valence-corrected chi connectivity index (χ0v) is 13.2. The highest BCUT2D eigenvalue weighted by Crippen LogP contribution is 2.30. The minimum Gasteiger partial charge on any atom is -0.496 e. The topological polar surface area (TPSA) is 26.3 Å². The molecule has 2 nitrogen and oxygen atoms in total. The van der Waals surface area contributed by atoms with E-state index in [2.05, 4.69) is 31.9 Å². The van der Waals surface area contributed by atoms with Gasteiger partial charge in [-0.25, -0.2) is 4.39 Å². The van der Waals surface area contributed by atoms with Crippen LogP contribution in [0.25, 0.3) is 0 Å². The number of hydrogen-bond donors (Lipinski definition) is 0. The summed E-state index contributed by atoms with van der Waals surface area (Å²) in [6.07, 6.45) is 0. The van der Waals surface area contributed by atoms with Gasteiger partial charge in [0.05, 0.1) is 20.9 Å². The number of thiophene rings is 1. The molecule has 0 fully saturated rings. The predicted molar refractivity (Wildman–Crippen MR) is 76.1 cm³/mol. The van der Waals surface area contributed by atoms with Crippen LogP contribution >= 0.6 is 43.2 Å². The van der Waals surface area contributed by atoms with Crippen LogP contribution in [-0.2, 0) is 0 Å². The van der Waals surface area contributed by atoms with Gasteiger partial charge in [-0.15, -0.1) is 11.3 Å². The predicted octanol–water partition coefficient (Wildman–Crippen LogP) is 4.65. The SMILES string of the molecule is COc1cc(F)c(Br)cc1C(=O)c1csc(Br)c1. The number of halogens is 3. The minimum absolute atomic E-state index is 0.200. The van der Waals surface area contributed by atoms with Crippen LogP contribution in [0.3, 0.4) is 0 Å². The summed E-state index contributed by atoms with van der Waals surface area (Å²) in [4.78, 5) is 12.3. The second-order valence-corrected chi connectivity index (χ2v) is 6.58. The zero-order valence-electron chi connectivity index (χ0n) is 9.17. The first-order valence-electron chi connectivity index (χ1n) is 4.84. The van der Waals surface area contributed by atoms with Crippen molar-refractivity contribution in [1.29, 1.82) is 0 Å². The second-order valence-electron chi connectivity index (χ2n) is 3.44. The molecule has 0 N–H and O–H groups in total. The largest absolute Gasteiger partial charge is 0.496 e. The number of carbonyl (C=O) groups excluding carboxylic acids is 1. The Morgan fingerprint density at radius 2 is 2.06 bits per heavy atom. The van der Waals surface area contributed by atoms with Crippen molar-refractivity contribution < 1.29 is 13.9 Å². The monoisotopic (exact) mass is 392 g/mol. The Morgan fingerprint density at radius 3 is 2.61 bits per heavy atom. The van der Waals surface area contributed by atoms with E-state index >= 15 is 0 Å². The first-order chi connectivity index (χ1) is 8.52. The summed E-state index contributed by atoms with van der Waals surface area (Å²) in [6, 6.07) is 4.35. The summed E-state index contributed by atoms with van der Waals surface area (Å²) in [5, 5.41) is 1.74. The van der Waals surface area contributed by atoms with Crippen molar-refractivity contribution in [3.63, 3.8) is 0 Å². The van der Waals surface area contributed by atoms with Gasteiger partial charge in [0.25, 0.3) is 0 Å². The van der Waals surface area contributed by atoms with Crippen LogP contribution in [0.5, 0.6) is 5.75 Å². The van der Waals surface area contributed by atoms with E-state index in [0.29, 0.717) is 11.1 Å². The highest BCUT2D eigenvalue weighted by Gasteiger charge is 2.18. The first kappa shape index (κ1) is 13.7. The molecular formula is C12H7Br2FO2S. The van der Waals surface area contributed by atoms with E-state index in [1.165, 1.54) is 30.6 Å². The summed E-state index contributed by atoms with van der Waals surface area (Å²) in [6.45, 7) is 0. The normalized spacial score (nSPS) is 10.4. The van der Waals surface area contributed by atoms with Crippen LogP contribution in [0, 0.1) is 5.82 Å². The molecule has 1 heterocycles. The van der Waals surface area contributed by atoms with E-state index in [1.807, 2.05) is 0 Å². The van der Waals surface area contributed by atoms with Gasteiger partial charge in [0.1, 0.15) is 11.6 Å². The Balaban J connectivity index is 2.50. The van der Waals surface area contributed by atoms with Crippen LogP contribution in [0.2, 0.25) is 0 Å². The molecule has 1 aromatic heterocycles. The molecule has 2 rings (SSSR count). The van der Waals surface area contributed by atoms with Crippen molar-refractivity contribution in [1.82, 2.24) is 0 Å². The Labute approximate surface area is 124 Å². The third kappa shape index (κ3) is 2.65. The van der Waals surface area contributed by atoms with Gasteiger partial charge < -0.3 is 4.74 Å². The molecule has 0 amide bonds. The third-order valence-electron chi connectivity index (χ3n) is 2.32. The van der Waals surface area contributed by atoms with Crippen molar-refractivity contribution in [2.24, 2.45) is 0 Å². The van der Waals surface area contributed by atoms with Crippen LogP contribution in [0.1, 0.15) is 15.9 Å². The van der Waals surface area contributed by atoms with Crippen molar-refractivity contribution in [2.75, 3.05) is 7.11 Å². The molecule has 18 heavy (non-hydrogen) atoms. The highest BCUT2D eigenvalue weighted by molar-refractivity contribution is 9.11. The Hall–Kier alpha value is -0.720. The molecule has 0 saturated heterocycles. The quantitative estimate of drug-likeness (QED) is 0.709. The fourth-order valence-electron chi connectivity index (χ4n) is 1.46. The van der Waals surface area contributed by atoms with Crippen molar-refractivity contribution in [3.05, 3.63) is 48.8 Å². The second kappa shape index (κ2) is 5.50. The maximum Gasteiger partial charge on any atom is 0.197 e. The van der Waals surface area contributed by atoms with E-state index in [4.69, 9.17) is 4.74 Å². The van der Waals surface area contributed by atoms with E-state index in [1.54, 1.807) is 11.4 Å². The van der Waals surface area contributed by atoms with Gasteiger partial charge in [-0.3, -0.25) is 4.79 Å². The molecule has 0 unspecified atom stereocenters. The molecule has 2 aromatic rings. The summed E-state index contributed by atoms with van der Waals surface area (Å²) in [7, 11) is 1.41. The summed E-state index contributed by atoms with van der Waals surface area (Å²) in [5.74, 6) is -0.438. The number of ketones is 1. The molecule has 0 aliphatic carbocycles. The Kier molecular flexibility index (Phi) is 4.19. The summed E-state index contributed by atoms with van der Waals surface area (Å²) >= 11 is 7.78. The lowest BCUT2D eigenvalue weighted by Gasteiger charge is -2.08. The van der Waals surface area contributed by atoms with Gasteiger partial charge in [0.2, 0.25) is 0 Å². The van der Waals surface area contributed by atoms with E-state index in [9.17, 15) is 9.18 Å². The molecule has 0 radical (unpaired) electrons. The Morgan fingerprint density at radius 1 is 1.33 bits per heavy atom. The number of benzene rings is 1. The standard InChI is InChI=1S/C12H7Br2FO2S/c1-17-10-4-9(15)8(13)3-7(10)12(16)6-2-11(14)18-5-6/h2-5H,1H3. The lowest BCUT2D eigenvalue weighted by Crippen LogP contribution is -2.03. The van der Waals surface area contributed by atoms with Crippen LogP contribution < -0.4 is 4.74 Å². The van der Waals surface area contributed by atoms with Gasteiger partial charge in [-0.1, -0.05) is 0 Å². The molecule has 0 aliphatic heterocycles. The number of hydrogen-bond acceptors (Lipinski definition) is 3. The van der Waals surface area contributed by atoms with Crippen molar-refractivity contribution in [3.8, 4) is 5.75 Å². The van der Waals surface area contributed by atoms with E-state index in [0.717, 1.165) is 3.79 Å². The molecule has 0 spiro atoms. The molecule has 0 saturated carbocycles. The fourth-order valence-corrected chi connectivity index (χ4v) is 2.94. The lowest BCUT2D eigenvalue weighted by molar-refractivity contribution is 0.103. The fraction of sp³-hybridized carbons (Fsp3) is 0.0833.